The third-order valence-electron chi connectivity index (χ3n) is 3.81. The standard InChI is InChI=1S/C14H26N2O3S/c1-16(10-11-6-4-3-5-7-11)14(19)15-12(13(17)18)8-9-20-2/h11-12H,3-10H2,1-2H3,(H,15,19)(H,17,18)/t12-/m0/s1. The van der Waals surface area contributed by atoms with Crippen molar-refractivity contribution in [3.63, 3.8) is 0 Å². The molecule has 0 saturated heterocycles. The molecule has 0 spiro atoms. The van der Waals surface area contributed by atoms with Gasteiger partial charge in [0.05, 0.1) is 0 Å². The van der Waals surface area contributed by atoms with Gasteiger partial charge in [-0.25, -0.2) is 9.59 Å². The predicted molar refractivity (Wildman–Crippen MR) is 82.2 cm³/mol. The molecule has 2 amide bonds. The van der Waals surface area contributed by atoms with E-state index >= 15 is 0 Å². The van der Waals surface area contributed by atoms with Crippen LogP contribution in [-0.2, 0) is 4.79 Å². The van der Waals surface area contributed by atoms with Crippen LogP contribution in [0, 0.1) is 5.92 Å². The lowest BCUT2D eigenvalue weighted by atomic mass is 9.89. The van der Waals surface area contributed by atoms with E-state index in [0.717, 1.165) is 12.3 Å². The van der Waals surface area contributed by atoms with E-state index in [1.807, 2.05) is 6.26 Å². The highest BCUT2D eigenvalue weighted by atomic mass is 32.2. The molecule has 0 bridgehead atoms. The minimum atomic E-state index is -0.960. The maximum atomic E-state index is 12.0. The van der Waals surface area contributed by atoms with Crippen molar-refractivity contribution in [2.24, 2.45) is 5.92 Å². The Balaban J connectivity index is 2.39. The highest BCUT2D eigenvalue weighted by molar-refractivity contribution is 7.98. The number of hydrogen-bond acceptors (Lipinski definition) is 3. The van der Waals surface area contributed by atoms with Gasteiger partial charge in [0.15, 0.2) is 0 Å². The molecule has 1 saturated carbocycles. The SMILES string of the molecule is CSCC[C@H](NC(=O)N(C)CC1CCCCC1)C(=O)O. The van der Waals surface area contributed by atoms with Crippen LogP contribution in [0.1, 0.15) is 38.5 Å². The van der Waals surface area contributed by atoms with Crippen LogP contribution in [-0.4, -0.2) is 53.6 Å². The topological polar surface area (TPSA) is 69.6 Å². The minimum absolute atomic E-state index is 0.274. The van der Waals surface area contributed by atoms with E-state index in [4.69, 9.17) is 5.11 Å². The Morgan fingerprint density at radius 2 is 2.00 bits per heavy atom. The van der Waals surface area contributed by atoms with Crippen molar-refractivity contribution < 1.29 is 14.7 Å². The molecule has 5 nitrogen and oxygen atoms in total. The highest BCUT2D eigenvalue weighted by Gasteiger charge is 2.23. The molecule has 0 unspecified atom stereocenters. The Morgan fingerprint density at radius 1 is 1.35 bits per heavy atom. The van der Waals surface area contributed by atoms with Crippen molar-refractivity contribution in [1.82, 2.24) is 10.2 Å². The van der Waals surface area contributed by atoms with Gasteiger partial charge in [-0.2, -0.15) is 11.8 Å². The normalized spacial score (nSPS) is 17.5. The van der Waals surface area contributed by atoms with E-state index < -0.39 is 12.0 Å². The second-order valence-electron chi connectivity index (χ2n) is 5.51. The zero-order valence-electron chi connectivity index (χ0n) is 12.4. The maximum absolute atomic E-state index is 12.0. The van der Waals surface area contributed by atoms with Crippen molar-refractivity contribution >= 4 is 23.8 Å². The van der Waals surface area contributed by atoms with Gasteiger partial charge >= 0.3 is 12.0 Å². The molecule has 0 aromatic carbocycles. The fourth-order valence-corrected chi connectivity index (χ4v) is 3.06. The van der Waals surface area contributed by atoms with Crippen molar-refractivity contribution in [1.29, 1.82) is 0 Å². The lowest BCUT2D eigenvalue weighted by Gasteiger charge is -2.28. The molecule has 0 aliphatic heterocycles. The zero-order valence-corrected chi connectivity index (χ0v) is 13.2. The van der Waals surface area contributed by atoms with Crippen molar-refractivity contribution in [3.8, 4) is 0 Å². The molecule has 1 atom stereocenters. The first-order valence-electron chi connectivity index (χ1n) is 7.28. The van der Waals surface area contributed by atoms with Crippen molar-refractivity contribution in [3.05, 3.63) is 0 Å². The van der Waals surface area contributed by atoms with Gasteiger partial charge in [-0.1, -0.05) is 19.3 Å². The summed E-state index contributed by atoms with van der Waals surface area (Å²) in [6.07, 6.45) is 8.51. The summed E-state index contributed by atoms with van der Waals surface area (Å²) < 4.78 is 0. The fourth-order valence-electron chi connectivity index (χ4n) is 2.59. The summed E-state index contributed by atoms with van der Waals surface area (Å²) in [5, 5.41) is 11.7. The predicted octanol–water partition coefficient (Wildman–Crippen LogP) is 2.41. The number of nitrogens with zero attached hydrogens (tertiary/aromatic N) is 1. The molecule has 1 aliphatic carbocycles. The molecule has 6 heteroatoms. The van der Waals surface area contributed by atoms with Crippen LogP contribution in [0.4, 0.5) is 4.79 Å². The summed E-state index contributed by atoms with van der Waals surface area (Å²) >= 11 is 1.58. The first-order chi connectivity index (χ1) is 9.54. The molecular formula is C14H26N2O3S. The number of thioether (sulfide) groups is 1. The van der Waals surface area contributed by atoms with Crippen molar-refractivity contribution in [2.75, 3.05) is 25.6 Å². The number of carboxylic acids is 1. The van der Waals surface area contributed by atoms with Gasteiger partial charge in [-0.15, -0.1) is 0 Å². The number of nitrogens with one attached hydrogen (secondary N) is 1. The van der Waals surface area contributed by atoms with Crippen LogP contribution in [0.25, 0.3) is 0 Å². The number of carbonyl (C=O) groups is 2. The molecule has 20 heavy (non-hydrogen) atoms. The third-order valence-corrected chi connectivity index (χ3v) is 4.45. The summed E-state index contributed by atoms with van der Waals surface area (Å²) in [6, 6.07) is -1.06. The molecule has 0 aromatic heterocycles. The molecule has 0 aromatic rings. The molecular weight excluding hydrogens is 276 g/mol. The average molecular weight is 302 g/mol. The summed E-state index contributed by atoms with van der Waals surface area (Å²) in [6.45, 7) is 0.723. The summed E-state index contributed by atoms with van der Waals surface area (Å²) in [5.74, 6) is 0.330. The maximum Gasteiger partial charge on any atom is 0.326 e. The quantitative estimate of drug-likeness (QED) is 0.758. The first-order valence-corrected chi connectivity index (χ1v) is 8.67. The number of rotatable bonds is 7. The Labute approximate surface area is 125 Å². The van der Waals surface area contributed by atoms with Gasteiger partial charge in [-0.05, 0) is 37.2 Å². The van der Waals surface area contributed by atoms with Crippen LogP contribution in [0.5, 0.6) is 0 Å². The molecule has 1 rings (SSSR count). The zero-order chi connectivity index (χ0) is 15.0. The summed E-state index contributed by atoms with van der Waals surface area (Å²) in [4.78, 5) is 24.8. The number of carboxylic acid groups (broad SMARTS) is 1. The lowest BCUT2D eigenvalue weighted by Crippen LogP contribution is -2.48. The van der Waals surface area contributed by atoms with E-state index in [0.29, 0.717) is 12.3 Å². The van der Waals surface area contributed by atoms with Gasteiger partial charge in [0.1, 0.15) is 6.04 Å². The molecule has 0 radical (unpaired) electrons. The largest absolute Gasteiger partial charge is 0.480 e. The third kappa shape index (κ3) is 6.03. The molecule has 2 N–H and O–H groups in total. The van der Waals surface area contributed by atoms with E-state index in [9.17, 15) is 9.59 Å². The lowest BCUT2D eigenvalue weighted by molar-refractivity contribution is -0.139. The van der Waals surface area contributed by atoms with Crippen LogP contribution in [0.3, 0.4) is 0 Å². The second-order valence-corrected chi connectivity index (χ2v) is 6.49. The van der Waals surface area contributed by atoms with E-state index in [1.165, 1.54) is 32.1 Å². The second kappa shape index (κ2) is 9.10. The molecule has 0 heterocycles. The van der Waals surface area contributed by atoms with Gasteiger partial charge in [-0.3, -0.25) is 0 Å². The van der Waals surface area contributed by atoms with Gasteiger partial charge in [0.2, 0.25) is 0 Å². The van der Waals surface area contributed by atoms with Gasteiger partial charge < -0.3 is 15.3 Å². The van der Waals surface area contributed by atoms with Crippen LogP contribution < -0.4 is 5.32 Å². The van der Waals surface area contributed by atoms with Gasteiger partial charge in [0.25, 0.3) is 0 Å². The Bertz CT molecular complexity index is 320. The molecule has 1 fully saturated rings. The van der Waals surface area contributed by atoms with E-state index in [2.05, 4.69) is 5.32 Å². The Morgan fingerprint density at radius 3 is 2.55 bits per heavy atom. The van der Waals surface area contributed by atoms with Crippen LogP contribution in [0.2, 0.25) is 0 Å². The summed E-state index contributed by atoms with van der Waals surface area (Å²) in [7, 11) is 1.75. The van der Waals surface area contributed by atoms with E-state index in [1.54, 1.807) is 23.7 Å². The van der Waals surface area contributed by atoms with Crippen molar-refractivity contribution in [2.45, 2.75) is 44.6 Å². The summed E-state index contributed by atoms with van der Waals surface area (Å²) in [5.41, 5.74) is 0. The van der Waals surface area contributed by atoms with Crippen LogP contribution in [0.15, 0.2) is 0 Å². The van der Waals surface area contributed by atoms with Crippen LogP contribution >= 0.6 is 11.8 Å². The highest BCUT2D eigenvalue weighted by Crippen LogP contribution is 2.24. The number of hydrogen-bond donors (Lipinski definition) is 2. The fraction of sp³-hybridized carbons (Fsp3) is 0.857. The first kappa shape index (κ1) is 17.1. The smallest absolute Gasteiger partial charge is 0.326 e. The number of urea groups is 1. The Kier molecular flexibility index (Phi) is 7.80. The number of amides is 2. The minimum Gasteiger partial charge on any atom is -0.480 e. The van der Waals surface area contributed by atoms with Gasteiger partial charge in [0, 0.05) is 13.6 Å². The molecule has 116 valence electrons. The molecule has 1 aliphatic rings. The van der Waals surface area contributed by atoms with E-state index in [-0.39, 0.29) is 6.03 Å². The number of aliphatic carboxylic acids is 1. The Hall–Kier alpha value is -0.910. The monoisotopic (exact) mass is 302 g/mol. The average Bonchev–Trinajstić information content (AvgIpc) is 2.43. The number of carbonyl (C=O) groups excluding carboxylic acids is 1.